The molecule has 172 valence electrons. The maximum absolute atomic E-state index is 10.3. The molecule has 4 rings (SSSR count). The predicted octanol–water partition coefficient (Wildman–Crippen LogP) is -0.0592. The molecule has 0 unspecified atom stereocenters. The lowest BCUT2D eigenvalue weighted by Crippen LogP contribution is -2.60. The van der Waals surface area contributed by atoms with Crippen molar-refractivity contribution >= 4 is 11.0 Å². The number of rotatable bonds is 7. The second-order valence-corrected chi connectivity index (χ2v) is 7.76. The van der Waals surface area contributed by atoms with Crippen LogP contribution in [0, 0.1) is 0 Å². The summed E-state index contributed by atoms with van der Waals surface area (Å²) in [7, 11) is 3.35. The Hall–Kier alpha value is -2.76. The number of methoxy groups -OCH3 is 1. The summed E-state index contributed by atoms with van der Waals surface area (Å²) in [4.78, 5) is 4.38. The first-order valence-electron chi connectivity index (χ1n) is 10.3. The Kier molecular flexibility index (Phi) is 6.58. The maximum Gasteiger partial charge on any atom is 0.245 e. The Morgan fingerprint density at radius 2 is 1.78 bits per heavy atom. The van der Waals surface area contributed by atoms with Crippen LogP contribution in [0.25, 0.3) is 11.0 Å². The molecule has 32 heavy (non-hydrogen) atoms. The van der Waals surface area contributed by atoms with Crippen molar-refractivity contribution in [2.75, 3.05) is 13.7 Å². The molecule has 0 aliphatic carbocycles. The third kappa shape index (κ3) is 4.27. The number of hydrogen-bond donors (Lipinski definition) is 4. The van der Waals surface area contributed by atoms with E-state index in [0.717, 1.165) is 23.3 Å². The van der Waals surface area contributed by atoms with Crippen molar-refractivity contribution in [3.63, 3.8) is 0 Å². The van der Waals surface area contributed by atoms with Gasteiger partial charge in [-0.2, -0.15) is 0 Å². The monoisotopic (exact) mass is 445 g/mol. The van der Waals surface area contributed by atoms with Gasteiger partial charge in [0.15, 0.2) is 5.65 Å². The minimum Gasteiger partial charge on any atom is -0.497 e. The summed E-state index contributed by atoms with van der Waals surface area (Å²) in [6.07, 6.45) is -3.76. The van der Waals surface area contributed by atoms with Gasteiger partial charge in [-0.25, -0.2) is 9.67 Å². The highest BCUT2D eigenvalue weighted by Gasteiger charge is 2.45. The van der Waals surface area contributed by atoms with Crippen LogP contribution in [0.15, 0.2) is 36.5 Å². The van der Waals surface area contributed by atoms with Crippen LogP contribution in [-0.4, -0.2) is 79.6 Å². The SMILES string of the molecule is COc1ccc(CCc2ccnc3c2c(O[C@@H]2O[C@H](CO)[C@@H](O)[C@H](O)[C@H]2O)nn3C)cc1. The van der Waals surface area contributed by atoms with E-state index in [2.05, 4.69) is 10.1 Å². The largest absolute Gasteiger partial charge is 0.497 e. The number of nitrogens with zero attached hydrogens (tertiary/aromatic N) is 3. The zero-order chi connectivity index (χ0) is 22.8. The van der Waals surface area contributed by atoms with Crippen LogP contribution in [0.4, 0.5) is 0 Å². The van der Waals surface area contributed by atoms with E-state index in [-0.39, 0.29) is 5.88 Å². The van der Waals surface area contributed by atoms with Crippen LogP contribution in [-0.2, 0) is 24.6 Å². The number of aryl methyl sites for hydroxylation is 3. The van der Waals surface area contributed by atoms with Crippen LogP contribution in [0.3, 0.4) is 0 Å². The summed E-state index contributed by atoms with van der Waals surface area (Å²) in [6, 6.07) is 9.72. The average Bonchev–Trinajstić information content (AvgIpc) is 3.14. The van der Waals surface area contributed by atoms with Crippen LogP contribution in [0.2, 0.25) is 0 Å². The summed E-state index contributed by atoms with van der Waals surface area (Å²) < 4.78 is 18.1. The maximum atomic E-state index is 10.3. The van der Waals surface area contributed by atoms with Crippen molar-refractivity contribution in [2.24, 2.45) is 7.05 Å². The van der Waals surface area contributed by atoms with Gasteiger partial charge in [-0.1, -0.05) is 12.1 Å². The van der Waals surface area contributed by atoms with E-state index in [9.17, 15) is 20.4 Å². The van der Waals surface area contributed by atoms with Crippen molar-refractivity contribution in [2.45, 2.75) is 43.5 Å². The van der Waals surface area contributed by atoms with Gasteiger partial charge in [0.25, 0.3) is 0 Å². The zero-order valence-electron chi connectivity index (χ0n) is 17.8. The first kappa shape index (κ1) is 22.4. The smallest absolute Gasteiger partial charge is 0.245 e. The molecule has 3 aromatic rings. The second-order valence-electron chi connectivity index (χ2n) is 7.76. The first-order chi connectivity index (χ1) is 15.4. The van der Waals surface area contributed by atoms with Gasteiger partial charge in [-0.3, -0.25) is 0 Å². The molecule has 10 nitrogen and oxygen atoms in total. The Labute approximate surface area is 184 Å². The standard InChI is InChI=1S/C22H27N3O7/c1-25-20-16(13(9-10-23-20)6-3-12-4-7-14(30-2)8-5-12)21(24-25)32-22-19(29)18(28)17(27)15(11-26)31-22/h4-5,7-10,15,17-19,22,26-29H,3,6,11H2,1-2H3/t15-,17-,18+,19-,22+/m1/s1. The zero-order valence-corrected chi connectivity index (χ0v) is 17.8. The third-order valence-electron chi connectivity index (χ3n) is 5.70. The Balaban J connectivity index is 1.59. The topological polar surface area (TPSA) is 139 Å². The summed E-state index contributed by atoms with van der Waals surface area (Å²) >= 11 is 0. The molecule has 0 spiro atoms. The molecule has 10 heteroatoms. The molecule has 1 aliphatic rings. The van der Waals surface area contributed by atoms with Crippen LogP contribution >= 0.6 is 0 Å². The van der Waals surface area contributed by atoms with Gasteiger partial charge in [0, 0.05) is 13.2 Å². The molecule has 2 aromatic heterocycles. The number of ether oxygens (including phenoxy) is 3. The van der Waals surface area contributed by atoms with Crippen molar-refractivity contribution in [3.8, 4) is 11.6 Å². The molecule has 3 heterocycles. The second kappa shape index (κ2) is 9.39. The highest BCUT2D eigenvalue weighted by Crippen LogP contribution is 2.31. The third-order valence-corrected chi connectivity index (χ3v) is 5.70. The minimum atomic E-state index is -1.53. The van der Waals surface area contributed by atoms with Crippen LogP contribution in [0.5, 0.6) is 11.6 Å². The van der Waals surface area contributed by atoms with E-state index < -0.39 is 37.3 Å². The van der Waals surface area contributed by atoms with E-state index in [4.69, 9.17) is 14.2 Å². The lowest BCUT2D eigenvalue weighted by molar-refractivity contribution is -0.278. The Morgan fingerprint density at radius 3 is 2.47 bits per heavy atom. The van der Waals surface area contributed by atoms with Gasteiger partial charge in [-0.05, 0) is 42.2 Å². The molecular weight excluding hydrogens is 418 g/mol. The number of fused-ring (bicyclic) bond motifs is 1. The van der Waals surface area contributed by atoms with Crippen molar-refractivity contribution in [1.29, 1.82) is 0 Å². The fraction of sp³-hybridized carbons (Fsp3) is 0.455. The number of benzene rings is 1. The lowest BCUT2D eigenvalue weighted by atomic mass is 9.99. The highest BCUT2D eigenvalue weighted by atomic mass is 16.7. The van der Waals surface area contributed by atoms with E-state index in [0.29, 0.717) is 17.5 Å². The lowest BCUT2D eigenvalue weighted by Gasteiger charge is -2.39. The van der Waals surface area contributed by atoms with Gasteiger partial charge in [0.2, 0.25) is 12.2 Å². The molecule has 0 saturated carbocycles. The van der Waals surface area contributed by atoms with E-state index in [1.165, 1.54) is 0 Å². The fourth-order valence-electron chi connectivity index (χ4n) is 3.84. The molecule has 4 N–H and O–H groups in total. The number of pyridine rings is 1. The average molecular weight is 445 g/mol. The molecule has 0 radical (unpaired) electrons. The number of aromatic nitrogens is 3. The molecular formula is C22H27N3O7. The summed E-state index contributed by atoms with van der Waals surface area (Å²) in [5.41, 5.74) is 2.67. The minimum absolute atomic E-state index is 0.185. The van der Waals surface area contributed by atoms with E-state index in [1.54, 1.807) is 25.0 Å². The number of hydrogen-bond acceptors (Lipinski definition) is 9. The summed E-state index contributed by atoms with van der Waals surface area (Å²) in [5, 5.41) is 44.8. The number of aliphatic hydroxyl groups excluding tert-OH is 4. The van der Waals surface area contributed by atoms with E-state index in [1.807, 2.05) is 30.3 Å². The van der Waals surface area contributed by atoms with Crippen LogP contribution in [0.1, 0.15) is 11.1 Å². The van der Waals surface area contributed by atoms with Gasteiger partial charge in [0.05, 0.1) is 19.1 Å². The van der Waals surface area contributed by atoms with Crippen molar-refractivity contribution < 1.29 is 34.6 Å². The molecule has 1 aromatic carbocycles. The van der Waals surface area contributed by atoms with Crippen LogP contribution < -0.4 is 9.47 Å². The molecule has 0 bridgehead atoms. The molecule has 0 amide bonds. The molecule has 1 fully saturated rings. The number of aliphatic hydroxyl groups is 4. The molecule has 5 atom stereocenters. The van der Waals surface area contributed by atoms with E-state index >= 15 is 0 Å². The highest BCUT2D eigenvalue weighted by molar-refractivity contribution is 5.85. The summed E-state index contributed by atoms with van der Waals surface area (Å²) in [6.45, 7) is -0.539. The molecule has 1 saturated heterocycles. The van der Waals surface area contributed by atoms with Gasteiger partial charge < -0.3 is 34.6 Å². The Bertz CT molecular complexity index is 1050. The van der Waals surface area contributed by atoms with Gasteiger partial charge in [-0.15, -0.1) is 5.10 Å². The first-order valence-corrected chi connectivity index (χ1v) is 10.3. The molecule has 1 aliphatic heterocycles. The van der Waals surface area contributed by atoms with Gasteiger partial charge >= 0.3 is 0 Å². The summed E-state index contributed by atoms with van der Waals surface area (Å²) in [5.74, 6) is 0.979. The predicted molar refractivity (Wildman–Crippen MR) is 113 cm³/mol. The quantitative estimate of drug-likeness (QED) is 0.394. The van der Waals surface area contributed by atoms with Crippen molar-refractivity contribution in [1.82, 2.24) is 14.8 Å². The normalized spacial score (nSPS) is 25.8. The Morgan fingerprint density at radius 1 is 1.03 bits per heavy atom. The fourth-order valence-corrected chi connectivity index (χ4v) is 3.84. The van der Waals surface area contributed by atoms with Crippen molar-refractivity contribution in [3.05, 3.63) is 47.7 Å². The van der Waals surface area contributed by atoms with Gasteiger partial charge in [0.1, 0.15) is 30.2 Å².